The first-order chi connectivity index (χ1) is 7.99. The van der Waals surface area contributed by atoms with E-state index in [0.717, 1.165) is 0 Å². The van der Waals surface area contributed by atoms with Gasteiger partial charge in [0.05, 0.1) is 17.2 Å². The van der Waals surface area contributed by atoms with Crippen molar-refractivity contribution in [1.29, 1.82) is 0 Å². The number of ether oxygens (including phenoxy) is 1. The predicted octanol–water partition coefficient (Wildman–Crippen LogP) is 2.07. The number of anilines is 1. The largest absolute Gasteiger partial charge is 0.479 e. The number of hydrogen-bond donors (Lipinski definition) is 2. The van der Waals surface area contributed by atoms with Gasteiger partial charge in [-0.3, -0.25) is 4.79 Å². The highest BCUT2D eigenvalue weighted by atomic mass is 35.5. The molecule has 2 rings (SSSR count). The minimum absolute atomic E-state index is 0.192. The van der Waals surface area contributed by atoms with Crippen LogP contribution in [-0.4, -0.2) is 22.5 Å². The number of nitrogens with one attached hydrogen (secondary N) is 1. The number of aliphatic hydroxyl groups excluding tert-OH is 1. The Hall–Kier alpha value is -1.26. The SMILES string of the molecule is CC1Oc2ccc(C(O)C(C)Cl)cc2NC1=O. The molecule has 1 aromatic rings. The molecule has 0 bridgehead atoms. The number of fused-ring (bicyclic) bond motifs is 1. The molecule has 0 aliphatic carbocycles. The zero-order valence-electron chi connectivity index (χ0n) is 9.61. The van der Waals surface area contributed by atoms with Gasteiger partial charge in [-0.1, -0.05) is 6.07 Å². The van der Waals surface area contributed by atoms with Gasteiger partial charge in [-0.15, -0.1) is 11.6 Å². The standard InChI is InChI=1S/C12H14ClNO3/c1-6(13)11(15)8-3-4-10-9(5-8)14-12(16)7(2)17-10/h3-7,11,15H,1-2H3,(H,14,16). The van der Waals surface area contributed by atoms with E-state index < -0.39 is 17.6 Å². The molecule has 3 atom stereocenters. The number of carbonyl (C=O) groups excluding carboxylic acids is 1. The van der Waals surface area contributed by atoms with Crippen molar-refractivity contribution in [3.63, 3.8) is 0 Å². The number of benzene rings is 1. The number of amides is 1. The number of halogens is 1. The van der Waals surface area contributed by atoms with Crippen LogP contribution in [0.4, 0.5) is 5.69 Å². The van der Waals surface area contributed by atoms with Gasteiger partial charge in [0.15, 0.2) is 6.10 Å². The van der Waals surface area contributed by atoms with E-state index in [4.69, 9.17) is 16.3 Å². The van der Waals surface area contributed by atoms with E-state index in [1.807, 2.05) is 0 Å². The van der Waals surface area contributed by atoms with Crippen LogP contribution < -0.4 is 10.1 Å². The molecule has 1 aliphatic rings. The second-order valence-electron chi connectivity index (χ2n) is 4.13. The highest BCUT2D eigenvalue weighted by Crippen LogP contribution is 2.33. The number of rotatable bonds is 2. The van der Waals surface area contributed by atoms with Gasteiger partial charge in [-0.2, -0.15) is 0 Å². The highest BCUT2D eigenvalue weighted by Gasteiger charge is 2.24. The fraction of sp³-hybridized carbons (Fsp3) is 0.417. The van der Waals surface area contributed by atoms with Crippen LogP contribution in [0.25, 0.3) is 0 Å². The Bertz CT molecular complexity index is 447. The van der Waals surface area contributed by atoms with E-state index in [-0.39, 0.29) is 5.91 Å². The van der Waals surface area contributed by atoms with Crippen LogP contribution >= 0.6 is 11.6 Å². The van der Waals surface area contributed by atoms with Crippen molar-refractivity contribution in [2.24, 2.45) is 0 Å². The second kappa shape index (κ2) is 4.55. The molecule has 0 saturated heterocycles. The van der Waals surface area contributed by atoms with E-state index in [2.05, 4.69) is 5.32 Å². The van der Waals surface area contributed by atoms with E-state index in [0.29, 0.717) is 17.0 Å². The maximum absolute atomic E-state index is 11.4. The van der Waals surface area contributed by atoms with E-state index in [1.54, 1.807) is 32.0 Å². The molecule has 17 heavy (non-hydrogen) atoms. The van der Waals surface area contributed by atoms with E-state index in [9.17, 15) is 9.90 Å². The summed E-state index contributed by atoms with van der Waals surface area (Å²) in [7, 11) is 0. The molecule has 0 fully saturated rings. The highest BCUT2D eigenvalue weighted by molar-refractivity contribution is 6.20. The Labute approximate surface area is 105 Å². The number of aliphatic hydroxyl groups is 1. The molecule has 1 heterocycles. The molecule has 0 radical (unpaired) electrons. The average molecular weight is 256 g/mol. The molecule has 1 aliphatic heterocycles. The Morgan fingerprint density at radius 2 is 2.24 bits per heavy atom. The monoisotopic (exact) mass is 255 g/mol. The van der Waals surface area contributed by atoms with Crippen molar-refractivity contribution in [3.05, 3.63) is 23.8 Å². The smallest absolute Gasteiger partial charge is 0.265 e. The van der Waals surface area contributed by atoms with Gasteiger partial charge >= 0.3 is 0 Å². The molecule has 1 aromatic carbocycles. The van der Waals surface area contributed by atoms with Crippen LogP contribution in [0, 0.1) is 0 Å². The topological polar surface area (TPSA) is 58.6 Å². The zero-order valence-corrected chi connectivity index (χ0v) is 10.4. The minimum atomic E-state index is -0.766. The molecule has 0 aromatic heterocycles. The van der Waals surface area contributed by atoms with Gasteiger partial charge in [-0.05, 0) is 31.5 Å². The molecule has 1 amide bonds. The molecule has 2 N–H and O–H groups in total. The van der Waals surface area contributed by atoms with Gasteiger partial charge < -0.3 is 15.2 Å². The summed E-state index contributed by atoms with van der Waals surface area (Å²) in [6, 6.07) is 5.15. The summed E-state index contributed by atoms with van der Waals surface area (Å²) in [5, 5.41) is 12.2. The van der Waals surface area contributed by atoms with Crippen molar-refractivity contribution < 1.29 is 14.6 Å². The van der Waals surface area contributed by atoms with E-state index >= 15 is 0 Å². The molecular weight excluding hydrogens is 242 g/mol. The number of alkyl halides is 1. The molecule has 5 heteroatoms. The summed E-state index contributed by atoms with van der Waals surface area (Å²) >= 11 is 5.83. The van der Waals surface area contributed by atoms with Crippen LogP contribution in [0.3, 0.4) is 0 Å². The molecule has 3 unspecified atom stereocenters. The van der Waals surface area contributed by atoms with Crippen molar-refractivity contribution in [2.75, 3.05) is 5.32 Å². The fourth-order valence-corrected chi connectivity index (χ4v) is 1.82. The first-order valence-electron chi connectivity index (χ1n) is 5.42. The summed E-state index contributed by atoms with van der Waals surface area (Å²) in [6.07, 6.45) is -1.26. The van der Waals surface area contributed by atoms with Gasteiger partial charge in [0.25, 0.3) is 5.91 Å². The normalized spacial score (nSPS) is 22.1. The van der Waals surface area contributed by atoms with E-state index in [1.165, 1.54) is 0 Å². The molecule has 0 spiro atoms. The summed E-state index contributed by atoms with van der Waals surface area (Å²) in [6.45, 7) is 3.39. The van der Waals surface area contributed by atoms with Crippen molar-refractivity contribution in [2.45, 2.75) is 31.4 Å². The van der Waals surface area contributed by atoms with Crippen molar-refractivity contribution in [1.82, 2.24) is 0 Å². The maximum atomic E-state index is 11.4. The van der Waals surface area contributed by atoms with Crippen LogP contribution in [0.1, 0.15) is 25.5 Å². The van der Waals surface area contributed by atoms with Gasteiger partial charge in [0.2, 0.25) is 0 Å². The lowest BCUT2D eigenvalue weighted by atomic mass is 10.1. The molecular formula is C12H14ClNO3. The third-order valence-corrected chi connectivity index (χ3v) is 2.95. The first kappa shape index (κ1) is 12.2. The maximum Gasteiger partial charge on any atom is 0.265 e. The average Bonchev–Trinajstić information content (AvgIpc) is 2.29. The Balaban J connectivity index is 2.32. The predicted molar refractivity (Wildman–Crippen MR) is 65.4 cm³/mol. The number of hydrogen-bond acceptors (Lipinski definition) is 3. The van der Waals surface area contributed by atoms with Crippen LogP contribution in [-0.2, 0) is 4.79 Å². The first-order valence-corrected chi connectivity index (χ1v) is 5.86. The summed E-state index contributed by atoms with van der Waals surface area (Å²) in [5.41, 5.74) is 1.23. The lowest BCUT2D eigenvalue weighted by Crippen LogP contribution is -2.34. The van der Waals surface area contributed by atoms with Gasteiger partial charge in [-0.25, -0.2) is 0 Å². The third-order valence-electron chi connectivity index (χ3n) is 2.71. The quantitative estimate of drug-likeness (QED) is 0.796. The summed E-state index contributed by atoms with van der Waals surface area (Å²) in [4.78, 5) is 11.4. The fourth-order valence-electron chi connectivity index (χ4n) is 1.68. The third kappa shape index (κ3) is 2.37. The van der Waals surface area contributed by atoms with Crippen molar-refractivity contribution in [3.8, 4) is 5.75 Å². The molecule has 4 nitrogen and oxygen atoms in total. The number of carbonyl (C=O) groups is 1. The Morgan fingerprint density at radius 1 is 1.53 bits per heavy atom. The summed E-state index contributed by atoms with van der Waals surface area (Å²) < 4.78 is 5.41. The molecule has 0 saturated carbocycles. The van der Waals surface area contributed by atoms with Crippen LogP contribution in [0.5, 0.6) is 5.75 Å². The van der Waals surface area contributed by atoms with Gasteiger partial charge in [0, 0.05) is 0 Å². The molecule has 92 valence electrons. The lowest BCUT2D eigenvalue weighted by molar-refractivity contribution is -0.122. The summed E-state index contributed by atoms with van der Waals surface area (Å²) in [5.74, 6) is 0.415. The van der Waals surface area contributed by atoms with Crippen LogP contribution in [0.2, 0.25) is 0 Å². The second-order valence-corrected chi connectivity index (χ2v) is 4.82. The Morgan fingerprint density at radius 3 is 2.88 bits per heavy atom. The minimum Gasteiger partial charge on any atom is -0.479 e. The van der Waals surface area contributed by atoms with Crippen LogP contribution in [0.15, 0.2) is 18.2 Å². The lowest BCUT2D eigenvalue weighted by Gasteiger charge is -2.24. The van der Waals surface area contributed by atoms with Crippen molar-refractivity contribution >= 4 is 23.2 Å². The zero-order chi connectivity index (χ0) is 12.6. The van der Waals surface area contributed by atoms with Gasteiger partial charge in [0.1, 0.15) is 5.75 Å². The Kier molecular flexibility index (Phi) is 3.26.